The predicted molar refractivity (Wildman–Crippen MR) is 107 cm³/mol. The Morgan fingerprint density at radius 3 is 2.19 bits per heavy atom. The molecule has 0 bridgehead atoms. The molecule has 0 unspecified atom stereocenters. The Morgan fingerprint density at radius 2 is 1.44 bits per heavy atom. The number of hydrogen-bond acceptors (Lipinski definition) is 3. The number of benzene rings is 2. The molecule has 0 atom stereocenters. The lowest BCUT2D eigenvalue weighted by Gasteiger charge is -1.98. The highest BCUT2D eigenvalue weighted by Gasteiger charge is 1.99. The predicted octanol–water partition coefficient (Wildman–Crippen LogP) is 1.92. The van der Waals surface area contributed by atoms with E-state index in [4.69, 9.17) is 11.6 Å². The quantitative estimate of drug-likeness (QED) is 0.562. The summed E-state index contributed by atoms with van der Waals surface area (Å²) in [7, 11) is 0. The number of aromatic amines is 2. The van der Waals surface area contributed by atoms with E-state index in [1.807, 2.05) is 30.3 Å². The van der Waals surface area contributed by atoms with E-state index < -0.39 is 11.1 Å². The number of aromatic nitrogens is 3. The summed E-state index contributed by atoms with van der Waals surface area (Å²) in [5.41, 5.74) is 1.37. The SMILES string of the molecule is O=c1[nH]c(=Cc2ccc3ccccc3n2)c(=O)[nH]c1=Cc1ccc(Cl)cc1. The Kier molecular flexibility index (Phi) is 4.44. The van der Waals surface area contributed by atoms with Gasteiger partial charge in [0.2, 0.25) is 0 Å². The lowest BCUT2D eigenvalue weighted by molar-refractivity contribution is 1.00. The van der Waals surface area contributed by atoms with Crippen molar-refractivity contribution < 1.29 is 0 Å². The summed E-state index contributed by atoms with van der Waals surface area (Å²) in [5, 5.41) is 1.93. The Bertz CT molecular complexity index is 1370. The van der Waals surface area contributed by atoms with Crippen molar-refractivity contribution in [3.05, 3.63) is 108 Å². The first-order valence-corrected chi connectivity index (χ1v) is 8.64. The van der Waals surface area contributed by atoms with E-state index in [0.717, 1.165) is 16.5 Å². The van der Waals surface area contributed by atoms with Gasteiger partial charge in [-0.05, 0) is 42.0 Å². The zero-order valence-corrected chi connectivity index (χ0v) is 14.8. The lowest BCUT2D eigenvalue weighted by Crippen LogP contribution is -2.46. The second kappa shape index (κ2) is 7.05. The number of rotatable bonds is 2. The smallest absolute Gasteiger partial charge is 0.272 e. The Hall–Kier alpha value is -3.44. The third kappa shape index (κ3) is 3.73. The molecule has 5 nitrogen and oxygen atoms in total. The monoisotopic (exact) mass is 375 g/mol. The van der Waals surface area contributed by atoms with E-state index in [9.17, 15) is 9.59 Å². The molecule has 0 aliphatic rings. The number of fused-ring (bicyclic) bond motifs is 1. The van der Waals surface area contributed by atoms with Crippen LogP contribution < -0.4 is 21.8 Å². The van der Waals surface area contributed by atoms with Gasteiger partial charge in [0.05, 0.1) is 11.2 Å². The number of pyridine rings is 1. The molecule has 2 aromatic carbocycles. The molecule has 0 saturated carbocycles. The zero-order chi connectivity index (χ0) is 18.8. The highest BCUT2D eigenvalue weighted by atomic mass is 35.5. The molecule has 132 valence electrons. The van der Waals surface area contributed by atoms with Crippen molar-refractivity contribution in [3.8, 4) is 0 Å². The third-order valence-corrected chi connectivity index (χ3v) is 4.33. The first kappa shape index (κ1) is 17.0. The van der Waals surface area contributed by atoms with Crippen molar-refractivity contribution in [2.75, 3.05) is 0 Å². The normalized spacial score (nSPS) is 12.6. The van der Waals surface area contributed by atoms with Crippen LogP contribution in [0.3, 0.4) is 0 Å². The molecule has 0 spiro atoms. The maximum absolute atomic E-state index is 12.4. The molecule has 0 aliphatic heterocycles. The van der Waals surface area contributed by atoms with E-state index in [2.05, 4.69) is 15.0 Å². The summed E-state index contributed by atoms with van der Waals surface area (Å²) < 4.78 is 0. The fourth-order valence-corrected chi connectivity index (χ4v) is 2.86. The summed E-state index contributed by atoms with van der Waals surface area (Å²) in [6.45, 7) is 0. The average molecular weight is 376 g/mol. The first-order chi connectivity index (χ1) is 13.1. The number of nitrogens with one attached hydrogen (secondary N) is 2. The minimum atomic E-state index is -0.398. The second-order valence-corrected chi connectivity index (χ2v) is 6.44. The van der Waals surface area contributed by atoms with Gasteiger partial charge in [-0.1, -0.05) is 48.0 Å². The summed E-state index contributed by atoms with van der Waals surface area (Å²) in [4.78, 5) is 34.4. The number of hydrogen-bond donors (Lipinski definition) is 2. The maximum Gasteiger partial charge on any atom is 0.272 e. The fourth-order valence-electron chi connectivity index (χ4n) is 2.73. The summed E-state index contributed by atoms with van der Waals surface area (Å²) in [6, 6.07) is 18.4. The number of halogens is 1. The molecule has 27 heavy (non-hydrogen) atoms. The maximum atomic E-state index is 12.4. The van der Waals surface area contributed by atoms with Gasteiger partial charge in [0, 0.05) is 10.4 Å². The fraction of sp³-hybridized carbons (Fsp3) is 0. The molecule has 4 rings (SSSR count). The van der Waals surface area contributed by atoms with Gasteiger partial charge in [-0.25, -0.2) is 4.98 Å². The molecule has 2 N–H and O–H groups in total. The van der Waals surface area contributed by atoms with Crippen molar-refractivity contribution in [2.45, 2.75) is 0 Å². The van der Waals surface area contributed by atoms with Crippen LogP contribution in [-0.4, -0.2) is 15.0 Å². The van der Waals surface area contributed by atoms with Crippen molar-refractivity contribution in [1.29, 1.82) is 0 Å². The van der Waals surface area contributed by atoms with Crippen LogP contribution in [0.25, 0.3) is 23.1 Å². The van der Waals surface area contributed by atoms with E-state index >= 15 is 0 Å². The molecule has 2 aromatic heterocycles. The lowest BCUT2D eigenvalue weighted by atomic mass is 10.2. The van der Waals surface area contributed by atoms with Crippen molar-refractivity contribution in [1.82, 2.24) is 15.0 Å². The molecule has 4 aromatic rings. The molecule has 0 radical (unpaired) electrons. The van der Waals surface area contributed by atoms with Crippen LogP contribution in [0.15, 0.2) is 70.3 Å². The molecule has 6 heteroatoms. The molecule has 2 heterocycles. The van der Waals surface area contributed by atoms with E-state index in [-0.39, 0.29) is 10.7 Å². The third-order valence-electron chi connectivity index (χ3n) is 4.08. The summed E-state index contributed by atoms with van der Waals surface area (Å²) >= 11 is 5.86. The minimum absolute atomic E-state index is 0.149. The van der Waals surface area contributed by atoms with Crippen LogP contribution in [0, 0.1) is 0 Å². The highest BCUT2D eigenvalue weighted by molar-refractivity contribution is 6.30. The van der Waals surface area contributed by atoms with Gasteiger partial charge >= 0.3 is 0 Å². The van der Waals surface area contributed by atoms with Gasteiger partial charge in [-0.2, -0.15) is 0 Å². The minimum Gasteiger partial charge on any atom is -0.316 e. The summed E-state index contributed by atoms with van der Waals surface area (Å²) in [6.07, 6.45) is 3.15. The van der Waals surface area contributed by atoms with Crippen LogP contribution in [-0.2, 0) is 0 Å². The van der Waals surface area contributed by atoms with Crippen molar-refractivity contribution >= 4 is 34.7 Å². The van der Waals surface area contributed by atoms with Crippen molar-refractivity contribution in [2.24, 2.45) is 0 Å². The largest absolute Gasteiger partial charge is 0.316 e. The number of para-hydroxylation sites is 1. The molecule has 0 aliphatic carbocycles. The van der Waals surface area contributed by atoms with E-state index in [0.29, 0.717) is 10.7 Å². The van der Waals surface area contributed by atoms with Gasteiger partial charge < -0.3 is 9.97 Å². The van der Waals surface area contributed by atoms with Crippen LogP contribution in [0.5, 0.6) is 0 Å². The molecular weight excluding hydrogens is 362 g/mol. The molecule has 0 saturated heterocycles. The molecule has 0 amide bonds. The topological polar surface area (TPSA) is 78.6 Å². The van der Waals surface area contributed by atoms with Crippen LogP contribution in [0.4, 0.5) is 0 Å². The summed E-state index contributed by atoms with van der Waals surface area (Å²) in [5.74, 6) is 0. The zero-order valence-electron chi connectivity index (χ0n) is 14.1. The van der Waals surface area contributed by atoms with Crippen LogP contribution in [0.2, 0.25) is 5.02 Å². The first-order valence-electron chi connectivity index (χ1n) is 8.26. The van der Waals surface area contributed by atoms with Crippen LogP contribution in [0.1, 0.15) is 11.3 Å². The van der Waals surface area contributed by atoms with Gasteiger partial charge in [-0.15, -0.1) is 0 Å². The standard InChI is InChI=1S/C21H14ClN3O2/c22-15-8-5-13(6-9-15)11-18-20(26)25-19(21(27)24-18)12-16-10-7-14-3-1-2-4-17(14)23-16/h1-12H,(H,24,27)(H,25,26). The second-order valence-electron chi connectivity index (χ2n) is 6.00. The van der Waals surface area contributed by atoms with Crippen molar-refractivity contribution in [3.63, 3.8) is 0 Å². The van der Waals surface area contributed by atoms with Gasteiger partial charge in [0.25, 0.3) is 11.1 Å². The Morgan fingerprint density at radius 1 is 0.778 bits per heavy atom. The van der Waals surface area contributed by atoms with Crippen LogP contribution >= 0.6 is 11.6 Å². The Balaban J connectivity index is 1.81. The number of nitrogens with zero attached hydrogens (tertiary/aromatic N) is 1. The van der Waals surface area contributed by atoms with Gasteiger partial charge in [-0.3, -0.25) is 9.59 Å². The molecular formula is C21H14ClN3O2. The van der Waals surface area contributed by atoms with E-state index in [1.165, 1.54) is 0 Å². The van der Waals surface area contributed by atoms with Gasteiger partial charge in [0.15, 0.2) is 0 Å². The number of H-pyrrole nitrogens is 2. The highest BCUT2D eigenvalue weighted by Crippen LogP contribution is 2.11. The van der Waals surface area contributed by atoms with E-state index in [1.54, 1.807) is 42.5 Å². The molecule has 0 fully saturated rings. The average Bonchev–Trinajstić information content (AvgIpc) is 2.67. The van der Waals surface area contributed by atoms with Gasteiger partial charge in [0.1, 0.15) is 10.7 Å². The Labute approximate surface area is 158 Å².